The van der Waals surface area contributed by atoms with Gasteiger partial charge in [-0.2, -0.15) is 0 Å². The van der Waals surface area contributed by atoms with Gasteiger partial charge in [0.25, 0.3) is 11.8 Å². The first-order valence-corrected chi connectivity index (χ1v) is 13.3. The summed E-state index contributed by atoms with van der Waals surface area (Å²) in [6.07, 6.45) is 2.85. The zero-order valence-corrected chi connectivity index (χ0v) is 20.3. The van der Waals surface area contributed by atoms with Gasteiger partial charge in [-0.05, 0) is 48.2 Å². The molecule has 2 N–H and O–H groups in total. The van der Waals surface area contributed by atoms with Crippen LogP contribution in [-0.4, -0.2) is 37.6 Å². The third-order valence-corrected chi connectivity index (χ3v) is 7.84. The molecule has 0 aliphatic carbocycles. The highest BCUT2D eigenvalue weighted by Gasteiger charge is 2.24. The van der Waals surface area contributed by atoms with Gasteiger partial charge in [0.05, 0.1) is 17.0 Å². The molecule has 3 aromatic rings. The van der Waals surface area contributed by atoms with Crippen LogP contribution >= 0.6 is 0 Å². The molecule has 1 fully saturated rings. The summed E-state index contributed by atoms with van der Waals surface area (Å²) in [7, 11) is -3.37. The lowest BCUT2D eigenvalue weighted by molar-refractivity contribution is 0.0951. The summed E-state index contributed by atoms with van der Waals surface area (Å²) in [6.45, 7) is 1.52. The molecule has 182 valence electrons. The average molecular weight is 492 g/mol. The van der Waals surface area contributed by atoms with E-state index in [1.165, 1.54) is 0 Å². The van der Waals surface area contributed by atoms with Crippen molar-refractivity contribution in [3.63, 3.8) is 0 Å². The van der Waals surface area contributed by atoms with E-state index < -0.39 is 10.0 Å². The molecular weight excluding hydrogens is 462 g/mol. The Morgan fingerprint density at radius 1 is 0.743 bits per heavy atom. The summed E-state index contributed by atoms with van der Waals surface area (Å²) in [5, 5.41) is 5.67. The minimum Gasteiger partial charge on any atom is -0.348 e. The molecule has 1 heterocycles. The SMILES string of the molecule is O=C(Nc1ccccc1C(=O)NCc1ccccc1)c1ccc(CS(=O)(=O)N2CCCCC2)cc1. The van der Waals surface area contributed by atoms with Crippen LogP contribution in [0.5, 0.6) is 0 Å². The molecular formula is C27H29N3O4S. The van der Waals surface area contributed by atoms with Crippen molar-refractivity contribution < 1.29 is 18.0 Å². The third kappa shape index (κ3) is 6.55. The molecule has 4 rings (SSSR count). The van der Waals surface area contributed by atoms with Crippen LogP contribution in [0.2, 0.25) is 0 Å². The van der Waals surface area contributed by atoms with E-state index >= 15 is 0 Å². The second-order valence-electron chi connectivity index (χ2n) is 8.58. The molecule has 0 unspecified atom stereocenters. The topological polar surface area (TPSA) is 95.6 Å². The number of sulfonamides is 1. The Kier molecular flexibility index (Phi) is 7.94. The van der Waals surface area contributed by atoms with E-state index in [1.807, 2.05) is 30.3 Å². The minimum absolute atomic E-state index is 0.0840. The monoisotopic (exact) mass is 491 g/mol. The van der Waals surface area contributed by atoms with E-state index in [-0.39, 0.29) is 17.6 Å². The summed E-state index contributed by atoms with van der Waals surface area (Å²) >= 11 is 0. The van der Waals surface area contributed by atoms with Crippen LogP contribution in [0.25, 0.3) is 0 Å². The first-order chi connectivity index (χ1) is 16.9. The van der Waals surface area contributed by atoms with Gasteiger partial charge in [0.2, 0.25) is 10.0 Å². The summed E-state index contributed by atoms with van der Waals surface area (Å²) < 4.78 is 26.9. The van der Waals surface area contributed by atoms with Crippen LogP contribution in [-0.2, 0) is 22.3 Å². The highest BCUT2D eigenvalue weighted by molar-refractivity contribution is 7.88. The number of anilines is 1. The number of piperidine rings is 1. The molecule has 0 aromatic heterocycles. The number of benzene rings is 3. The summed E-state index contributed by atoms with van der Waals surface area (Å²) in [5.41, 5.74) is 2.75. The Bertz CT molecular complexity index is 1270. The van der Waals surface area contributed by atoms with Gasteiger partial charge in [-0.25, -0.2) is 12.7 Å². The molecule has 3 aromatic carbocycles. The Balaban J connectivity index is 1.39. The molecule has 0 radical (unpaired) electrons. The highest BCUT2D eigenvalue weighted by atomic mass is 32.2. The van der Waals surface area contributed by atoms with Crippen LogP contribution in [0, 0.1) is 0 Å². The van der Waals surface area contributed by atoms with Gasteiger partial charge in [0.1, 0.15) is 0 Å². The van der Waals surface area contributed by atoms with Crippen molar-refractivity contribution in [1.82, 2.24) is 9.62 Å². The number of nitrogens with zero attached hydrogens (tertiary/aromatic N) is 1. The lowest BCUT2D eigenvalue weighted by atomic mass is 10.1. The number of rotatable bonds is 8. The molecule has 1 saturated heterocycles. The fourth-order valence-corrected chi connectivity index (χ4v) is 5.67. The minimum atomic E-state index is -3.37. The third-order valence-electron chi connectivity index (χ3n) is 5.99. The van der Waals surface area contributed by atoms with E-state index in [1.54, 1.807) is 52.8 Å². The van der Waals surface area contributed by atoms with Crippen molar-refractivity contribution in [2.24, 2.45) is 0 Å². The van der Waals surface area contributed by atoms with E-state index in [4.69, 9.17) is 0 Å². The van der Waals surface area contributed by atoms with Crippen molar-refractivity contribution in [3.05, 3.63) is 101 Å². The van der Waals surface area contributed by atoms with Gasteiger partial charge in [-0.1, -0.05) is 61.0 Å². The zero-order chi connectivity index (χ0) is 24.7. The van der Waals surface area contributed by atoms with Crippen LogP contribution in [0.3, 0.4) is 0 Å². The van der Waals surface area contributed by atoms with Crippen molar-refractivity contribution in [2.75, 3.05) is 18.4 Å². The second-order valence-corrected chi connectivity index (χ2v) is 10.5. The number of para-hydroxylation sites is 1. The average Bonchev–Trinajstić information content (AvgIpc) is 2.89. The van der Waals surface area contributed by atoms with Crippen LogP contribution in [0.15, 0.2) is 78.9 Å². The van der Waals surface area contributed by atoms with Crippen LogP contribution in [0.1, 0.15) is 51.1 Å². The van der Waals surface area contributed by atoms with Crippen molar-refractivity contribution >= 4 is 27.5 Å². The van der Waals surface area contributed by atoms with Crippen LogP contribution < -0.4 is 10.6 Å². The van der Waals surface area contributed by atoms with E-state index in [0.717, 1.165) is 24.8 Å². The summed E-state index contributed by atoms with van der Waals surface area (Å²) in [4.78, 5) is 25.6. The smallest absolute Gasteiger partial charge is 0.255 e. The molecule has 0 bridgehead atoms. The highest BCUT2D eigenvalue weighted by Crippen LogP contribution is 2.19. The van der Waals surface area contributed by atoms with Crippen molar-refractivity contribution in [3.8, 4) is 0 Å². The van der Waals surface area contributed by atoms with E-state index in [9.17, 15) is 18.0 Å². The van der Waals surface area contributed by atoms with E-state index in [2.05, 4.69) is 10.6 Å². The zero-order valence-electron chi connectivity index (χ0n) is 19.4. The lowest BCUT2D eigenvalue weighted by Gasteiger charge is -2.25. The Morgan fingerprint density at radius 2 is 1.40 bits per heavy atom. The maximum atomic E-state index is 12.8. The lowest BCUT2D eigenvalue weighted by Crippen LogP contribution is -2.36. The first-order valence-electron chi connectivity index (χ1n) is 11.7. The predicted octanol–water partition coefficient (Wildman–Crippen LogP) is 4.18. The maximum absolute atomic E-state index is 12.8. The number of hydrogen-bond donors (Lipinski definition) is 2. The first kappa shape index (κ1) is 24.6. The van der Waals surface area contributed by atoms with E-state index in [0.29, 0.717) is 42.0 Å². The van der Waals surface area contributed by atoms with Gasteiger partial charge in [-0.3, -0.25) is 9.59 Å². The molecule has 0 atom stereocenters. The van der Waals surface area contributed by atoms with Crippen LogP contribution in [0.4, 0.5) is 5.69 Å². The standard InChI is InChI=1S/C27H29N3O4S/c31-26(23-15-13-22(14-16-23)20-35(33,34)30-17-7-2-8-18-30)29-25-12-6-5-11-24(25)27(32)28-19-21-9-3-1-4-10-21/h1,3-6,9-16H,2,7-8,17-20H2,(H,28,32)(H,29,31). The molecule has 35 heavy (non-hydrogen) atoms. The van der Waals surface area contributed by atoms with Crippen molar-refractivity contribution in [2.45, 2.75) is 31.6 Å². The van der Waals surface area contributed by atoms with Gasteiger partial charge in [0.15, 0.2) is 0 Å². The Hall–Kier alpha value is -3.49. The number of carbonyl (C=O) groups is 2. The fourth-order valence-electron chi connectivity index (χ4n) is 4.06. The maximum Gasteiger partial charge on any atom is 0.255 e. The predicted molar refractivity (Wildman–Crippen MR) is 136 cm³/mol. The number of hydrogen-bond acceptors (Lipinski definition) is 4. The Labute approximate surface area is 206 Å². The molecule has 2 amide bonds. The molecule has 0 spiro atoms. The second kappa shape index (κ2) is 11.3. The molecule has 8 heteroatoms. The molecule has 1 aliphatic heterocycles. The Morgan fingerprint density at radius 3 is 2.11 bits per heavy atom. The van der Waals surface area contributed by atoms with Gasteiger partial charge in [-0.15, -0.1) is 0 Å². The number of nitrogens with one attached hydrogen (secondary N) is 2. The molecule has 1 aliphatic rings. The summed E-state index contributed by atoms with van der Waals surface area (Å²) in [6, 6.07) is 22.9. The van der Waals surface area contributed by atoms with Gasteiger partial charge in [0, 0.05) is 25.2 Å². The van der Waals surface area contributed by atoms with Crippen molar-refractivity contribution in [1.29, 1.82) is 0 Å². The summed E-state index contributed by atoms with van der Waals surface area (Å²) in [5.74, 6) is -0.749. The quantitative estimate of drug-likeness (QED) is 0.494. The largest absolute Gasteiger partial charge is 0.348 e. The normalized spacial score (nSPS) is 14.3. The van der Waals surface area contributed by atoms with Gasteiger partial charge < -0.3 is 10.6 Å². The number of carbonyl (C=O) groups excluding carboxylic acids is 2. The fraction of sp³-hybridized carbons (Fsp3) is 0.259. The molecule has 7 nitrogen and oxygen atoms in total. The number of amides is 2. The van der Waals surface area contributed by atoms with Gasteiger partial charge >= 0.3 is 0 Å². The molecule has 0 saturated carbocycles.